The van der Waals surface area contributed by atoms with Crippen LogP contribution in [0.3, 0.4) is 0 Å². The average Bonchev–Trinajstić information content (AvgIpc) is 2.75. The van der Waals surface area contributed by atoms with E-state index in [1.54, 1.807) is 36.4 Å². The van der Waals surface area contributed by atoms with Gasteiger partial charge in [-0.15, -0.1) is 0 Å². The molecule has 0 fully saturated rings. The lowest BCUT2D eigenvalue weighted by Crippen LogP contribution is -2.40. The molecule has 32 heavy (non-hydrogen) atoms. The van der Waals surface area contributed by atoms with E-state index in [1.165, 1.54) is 30.3 Å². The number of amides is 1. The molecule has 0 atom stereocenters. The summed E-state index contributed by atoms with van der Waals surface area (Å²) in [5.41, 5.74) is 1.19. The van der Waals surface area contributed by atoms with Crippen molar-refractivity contribution in [1.82, 2.24) is 9.62 Å². The maximum atomic E-state index is 13.3. The molecular weight excluding hydrogens is 542 g/mol. The van der Waals surface area contributed by atoms with Crippen LogP contribution in [0.15, 0.2) is 76.1 Å². The lowest BCUT2D eigenvalue weighted by molar-refractivity contribution is -0.121. The van der Waals surface area contributed by atoms with Crippen LogP contribution < -0.4 is 5.32 Å². The van der Waals surface area contributed by atoms with Crippen LogP contribution >= 0.6 is 39.1 Å². The van der Waals surface area contributed by atoms with Crippen molar-refractivity contribution in [1.29, 1.82) is 0 Å². The number of carbonyl (C=O) groups is 1. The van der Waals surface area contributed by atoms with Gasteiger partial charge in [0.1, 0.15) is 5.82 Å². The predicted octanol–water partition coefficient (Wildman–Crippen LogP) is 5.40. The number of rotatable bonds is 8. The molecule has 0 saturated carbocycles. The van der Waals surface area contributed by atoms with Gasteiger partial charge in [0.2, 0.25) is 15.9 Å². The Balaban J connectivity index is 1.82. The molecule has 0 heterocycles. The van der Waals surface area contributed by atoms with Crippen molar-refractivity contribution < 1.29 is 17.6 Å². The fourth-order valence-electron chi connectivity index (χ4n) is 2.84. The molecule has 0 unspecified atom stereocenters. The van der Waals surface area contributed by atoms with E-state index in [2.05, 4.69) is 21.2 Å². The monoisotopic (exact) mass is 558 g/mol. The molecule has 0 radical (unpaired) electrons. The van der Waals surface area contributed by atoms with Crippen molar-refractivity contribution in [3.05, 3.63) is 98.2 Å². The van der Waals surface area contributed by atoms with E-state index >= 15 is 0 Å². The third-order valence-corrected chi connectivity index (χ3v) is 7.46. The number of sulfonamides is 1. The number of nitrogens with one attached hydrogen (secondary N) is 1. The summed E-state index contributed by atoms with van der Waals surface area (Å²) in [6.45, 7) is -0.427. The van der Waals surface area contributed by atoms with Gasteiger partial charge in [0, 0.05) is 27.6 Å². The van der Waals surface area contributed by atoms with Crippen LogP contribution in [0, 0.1) is 5.82 Å². The molecule has 3 aromatic carbocycles. The summed E-state index contributed by atoms with van der Waals surface area (Å²) >= 11 is 15.5. The Kier molecular flexibility index (Phi) is 8.30. The molecule has 1 N–H and O–H groups in total. The molecule has 0 aliphatic heterocycles. The summed E-state index contributed by atoms with van der Waals surface area (Å²) in [5.74, 6) is -0.896. The Hall–Kier alpha value is -1.97. The van der Waals surface area contributed by atoms with Gasteiger partial charge in [0.15, 0.2) is 0 Å². The smallest absolute Gasteiger partial charge is 0.243 e. The second kappa shape index (κ2) is 10.8. The van der Waals surface area contributed by atoms with Gasteiger partial charge in [-0.25, -0.2) is 12.8 Å². The summed E-state index contributed by atoms with van der Waals surface area (Å²) in [6, 6.07) is 16.5. The first kappa shape index (κ1) is 24.7. The Labute approximate surface area is 204 Å². The number of hydrogen-bond acceptors (Lipinski definition) is 3. The highest BCUT2D eigenvalue weighted by atomic mass is 79.9. The first-order chi connectivity index (χ1) is 15.1. The third kappa shape index (κ3) is 6.52. The van der Waals surface area contributed by atoms with Gasteiger partial charge < -0.3 is 5.32 Å². The van der Waals surface area contributed by atoms with E-state index in [4.69, 9.17) is 23.2 Å². The van der Waals surface area contributed by atoms with Gasteiger partial charge in [-0.05, 0) is 59.7 Å². The molecule has 0 saturated heterocycles. The maximum Gasteiger partial charge on any atom is 0.243 e. The number of halogens is 4. The minimum atomic E-state index is -4.02. The third-order valence-electron chi connectivity index (χ3n) is 4.54. The van der Waals surface area contributed by atoms with Crippen LogP contribution in [0.4, 0.5) is 4.39 Å². The van der Waals surface area contributed by atoms with Crippen molar-refractivity contribution in [2.75, 3.05) is 6.54 Å². The van der Waals surface area contributed by atoms with Crippen LogP contribution in [-0.2, 0) is 27.9 Å². The van der Waals surface area contributed by atoms with E-state index in [0.717, 1.165) is 8.78 Å². The van der Waals surface area contributed by atoms with Gasteiger partial charge >= 0.3 is 0 Å². The number of benzene rings is 3. The number of hydrogen-bond donors (Lipinski definition) is 1. The lowest BCUT2D eigenvalue weighted by Gasteiger charge is -2.22. The van der Waals surface area contributed by atoms with E-state index < -0.39 is 22.5 Å². The zero-order chi connectivity index (χ0) is 23.3. The first-order valence-electron chi connectivity index (χ1n) is 9.36. The minimum absolute atomic E-state index is 0.0390. The highest BCUT2D eigenvalue weighted by molar-refractivity contribution is 9.10. The fraction of sp³-hybridized carbons (Fsp3) is 0.136. The zero-order valence-corrected chi connectivity index (χ0v) is 20.5. The second-order valence-corrected chi connectivity index (χ2v) is 10.6. The van der Waals surface area contributed by atoms with Crippen molar-refractivity contribution in [2.45, 2.75) is 18.0 Å². The molecular formula is C22H18BrCl2FN2O3S. The van der Waals surface area contributed by atoms with Gasteiger partial charge in [-0.3, -0.25) is 4.79 Å². The predicted molar refractivity (Wildman–Crippen MR) is 126 cm³/mol. The topological polar surface area (TPSA) is 66.5 Å². The summed E-state index contributed by atoms with van der Waals surface area (Å²) in [6.07, 6.45) is 0. The maximum absolute atomic E-state index is 13.3. The SMILES string of the molecule is O=C(CN(Cc1ccc(Cl)cc1Cl)S(=O)(=O)c1ccc(Br)cc1)NCc1ccc(F)cc1. The fourth-order valence-corrected chi connectivity index (χ4v) is 4.95. The van der Waals surface area contributed by atoms with Crippen LogP contribution in [-0.4, -0.2) is 25.2 Å². The first-order valence-corrected chi connectivity index (χ1v) is 12.3. The molecule has 0 aliphatic rings. The van der Waals surface area contributed by atoms with Crippen molar-refractivity contribution >= 4 is 55.1 Å². The summed E-state index contributed by atoms with van der Waals surface area (Å²) in [7, 11) is -4.02. The van der Waals surface area contributed by atoms with Crippen molar-refractivity contribution in [2.24, 2.45) is 0 Å². The Morgan fingerprint density at radius 1 is 1.00 bits per heavy atom. The molecule has 0 aromatic heterocycles. The standard InChI is InChI=1S/C22H18BrCl2FN2O3S/c23-17-4-9-20(10-5-17)32(30,31)28(13-16-3-6-18(24)11-21(16)25)14-22(29)27-12-15-1-7-19(26)8-2-15/h1-11H,12-14H2,(H,27,29). The molecule has 1 amide bonds. The molecule has 0 aliphatic carbocycles. The second-order valence-electron chi connectivity index (χ2n) is 6.87. The van der Waals surface area contributed by atoms with Gasteiger partial charge in [-0.2, -0.15) is 4.31 Å². The molecule has 168 valence electrons. The highest BCUT2D eigenvalue weighted by Crippen LogP contribution is 2.25. The molecule has 5 nitrogen and oxygen atoms in total. The van der Waals surface area contributed by atoms with E-state index in [1.807, 2.05) is 0 Å². The zero-order valence-electron chi connectivity index (χ0n) is 16.6. The van der Waals surface area contributed by atoms with E-state index in [9.17, 15) is 17.6 Å². The largest absolute Gasteiger partial charge is 0.351 e. The van der Waals surface area contributed by atoms with Gasteiger partial charge in [-0.1, -0.05) is 57.3 Å². The van der Waals surface area contributed by atoms with Gasteiger partial charge in [0.25, 0.3) is 0 Å². The van der Waals surface area contributed by atoms with Crippen LogP contribution in [0.1, 0.15) is 11.1 Å². The van der Waals surface area contributed by atoms with Crippen LogP contribution in [0.5, 0.6) is 0 Å². The molecule has 10 heteroatoms. The van der Waals surface area contributed by atoms with Crippen LogP contribution in [0.2, 0.25) is 10.0 Å². The number of nitrogens with zero attached hydrogens (tertiary/aromatic N) is 1. The van der Waals surface area contributed by atoms with Crippen molar-refractivity contribution in [3.63, 3.8) is 0 Å². The summed E-state index contributed by atoms with van der Waals surface area (Å²) in [5, 5.41) is 3.37. The Morgan fingerprint density at radius 3 is 2.28 bits per heavy atom. The highest BCUT2D eigenvalue weighted by Gasteiger charge is 2.27. The quantitative estimate of drug-likeness (QED) is 0.402. The lowest BCUT2D eigenvalue weighted by atomic mass is 10.2. The van der Waals surface area contributed by atoms with Crippen molar-refractivity contribution in [3.8, 4) is 0 Å². The Bertz CT molecular complexity index is 1210. The van der Waals surface area contributed by atoms with Gasteiger partial charge in [0.05, 0.1) is 11.4 Å². The molecule has 3 rings (SSSR count). The minimum Gasteiger partial charge on any atom is -0.351 e. The van der Waals surface area contributed by atoms with Crippen LogP contribution in [0.25, 0.3) is 0 Å². The normalized spacial score (nSPS) is 11.5. The molecule has 0 spiro atoms. The van der Waals surface area contributed by atoms with E-state index in [0.29, 0.717) is 21.2 Å². The molecule has 3 aromatic rings. The average molecular weight is 560 g/mol. The number of carbonyl (C=O) groups excluding carboxylic acids is 1. The molecule has 0 bridgehead atoms. The van der Waals surface area contributed by atoms with E-state index in [-0.39, 0.29) is 23.8 Å². The summed E-state index contributed by atoms with van der Waals surface area (Å²) < 4.78 is 41.4. The Morgan fingerprint density at radius 2 is 1.66 bits per heavy atom. The summed E-state index contributed by atoms with van der Waals surface area (Å²) in [4.78, 5) is 12.6.